The molecule has 0 spiro atoms. The topological polar surface area (TPSA) is 66.6 Å². The fourth-order valence-corrected chi connectivity index (χ4v) is 3.50. The molecule has 5 heteroatoms. The van der Waals surface area contributed by atoms with Crippen molar-refractivity contribution in [3.05, 3.63) is 35.9 Å². The summed E-state index contributed by atoms with van der Waals surface area (Å²) in [5.41, 5.74) is 6.61. The minimum absolute atomic E-state index is 0.0313. The van der Waals surface area contributed by atoms with Crippen molar-refractivity contribution in [1.82, 2.24) is 9.80 Å². The first-order valence-electron chi connectivity index (χ1n) is 8.54. The van der Waals surface area contributed by atoms with Gasteiger partial charge in [0.25, 0.3) is 5.91 Å². The zero-order valence-corrected chi connectivity index (χ0v) is 13.5. The van der Waals surface area contributed by atoms with Gasteiger partial charge >= 0.3 is 0 Å². The summed E-state index contributed by atoms with van der Waals surface area (Å²) < 4.78 is 0. The van der Waals surface area contributed by atoms with Crippen LogP contribution in [0.4, 0.5) is 0 Å². The number of carbonyl (C=O) groups is 2. The summed E-state index contributed by atoms with van der Waals surface area (Å²) in [5, 5.41) is 0. The van der Waals surface area contributed by atoms with Gasteiger partial charge in [0, 0.05) is 37.8 Å². The zero-order chi connectivity index (χ0) is 16.2. The van der Waals surface area contributed by atoms with Crippen LogP contribution < -0.4 is 5.73 Å². The number of carbonyl (C=O) groups excluding carboxylic acids is 2. The molecule has 2 fully saturated rings. The third-order valence-electron chi connectivity index (χ3n) is 4.93. The zero-order valence-electron chi connectivity index (χ0n) is 13.5. The van der Waals surface area contributed by atoms with E-state index in [0.717, 1.165) is 45.3 Å². The molecule has 5 nitrogen and oxygen atoms in total. The van der Waals surface area contributed by atoms with Gasteiger partial charge in [-0.2, -0.15) is 0 Å². The predicted molar refractivity (Wildman–Crippen MR) is 88.9 cm³/mol. The molecule has 0 aromatic heterocycles. The van der Waals surface area contributed by atoms with E-state index in [0.29, 0.717) is 12.1 Å². The van der Waals surface area contributed by atoms with Crippen molar-refractivity contribution in [2.24, 2.45) is 11.7 Å². The van der Waals surface area contributed by atoms with Gasteiger partial charge in [-0.15, -0.1) is 0 Å². The number of piperidine rings is 2. The van der Waals surface area contributed by atoms with Gasteiger partial charge in [0.1, 0.15) is 0 Å². The average Bonchev–Trinajstić information content (AvgIpc) is 2.62. The van der Waals surface area contributed by atoms with Crippen molar-refractivity contribution in [3.63, 3.8) is 0 Å². The van der Waals surface area contributed by atoms with Crippen LogP contribution in [-0.2, 0) is 4.79 Å². The Kier molecular flexibility index (Phi) is 4.96. The van der Waals surface area contributed by atoms with Crippen molar-refractivity contribution >= 4 is 11.8 Å². The first-order chi connectivity index (χ1) is 11.1. The fraction of sp³-hybridized carbons (Fsp3) is 0.556. The smallest absolute Gasteiger partial charge is 0.253 e. The molecular weight excluding hydrogens is 290 g/mol. The maximum atomic E-state index is 12.7. The molecule has 2 aliphatic rings. The summed E-state index contributed by atoms with van der Waals surface area (Å²) in [6.45, 7) is 2.78. The molecule has 2 N–H and O–H groups in total. The SMILES string of the molecule is NC1CCN(C(=O)C2CCCN(C(=O)c3ccccc3)C2)CC1. The third-order valence-corrected chi connectivity index (χ3v) is 4.93. The number of rotatable bonds is 2. The van der Waals surface area contributed by atoms with Crippen LogP contribution in [0, 0.1) is 5.92 Å². The number of nitrogens with zero attached hydrogens (tertiary/aromatic N) is 2. The van der Waals surface area contributed by atoms with Gasteiger partial charge in [-0.3, -0.25) is 9.59 Å². The summed E-state index contributed by atoms with van der Waals surface area (Å²) in [5.74, 6) is 0.164. The van der Waals surface area contributed by atoms with Crippen molar-refractivity contribution in [2.75, 3.05) is 26.2 Å². The number of amides is 2. The van der Waals surface area contributed by atoms with Gasteiger partial charge in [0.2, 0.25) is 5.91 Å². The molecule has 0 bridgehead atoms. The normalized spacial score (nSPS) is 22.9. The lowest BCUT2D eigenvalue weighted by Crippen LogP contribution is -2.50. The third kappa shape index (κ3) is 3.72. The van der Waals surface area contributed by atoms with Crippen molar-refractivity contribution in [1.29, 1.82) is 0 Å². The maximum absolute atomic E-state index is 12.7. The Balaban J connectivity index is 1.62. The summed E-state index contributed by atoms with van der Waals surface area (Å²) in [6, 6.07) is 9.54. The Hall–Kier alpha value is -1.88. The van der Waals surface area contributed by atoms with Crippen LogP contribution in [-0.4, -0.2) is 53.8 Å². The monoisotopic (exact) mass is 315 g/mol. The van der Waals surface area contributed by atoms with Gasteiger partial charge in [0.15, 0.2) is 0 Å². The Morgan fingerprint density at radius 3 is 2.35 bits per heavy atom. The average molecular weight is 315 g/mol. The first-order valence-corrected chi connectivity index (χ1v) is 8.54. The number of hydrogen-bond acceptors (Lipinski definition) is 3. The Morgan fingerprint density at radius 2 is 1.65 bits per heavy atom. The van der Waals surface area contributed by atoms with Crippen LogP contribution in [0.2, 0.25) is 0 Å². The molecule has 1 unspecified atom stereocenters. The molecule has 23 heavy (non-hydrogen) atoms. The summed E-state index contributed by atoms with van der Waals surface area (Å²) in [7, 11) is 0. The highest BCUT2D eigenvalue weighted by atomic mass is 16.2. The highest BCUT2D eigenvalue weighted by Crippen LogP contribution is 2.22. The van der Waals surface area contributed by atoms with Crippen molar-refractivity contribution in [2.45, 2.75) is 31.7 Å². The summed E-state index contributed by atoms with van der Waals surface area (Å²) in [6.07, 6.45) is 3.53. The molecule has 2 aliphatic heterocycles. The van der Waals surface area contributed by atoms with E-state index < -0.39 is 0 Å². The van der Waals surface area contributed by atoms with Crippen LogP contribution in [0.3, 0.4) is 0 Å². The highest BCUT2D eigenvalue weighted by molar-refractivity contribution is 5.94. The molecule has 2 amide bonds. The minimum Gasteiger partial charge on any atom is -0.342 e. The molecule has 0 saturated carbocycles. The molecule has 2 heterocycles. The van der Waals surface area contributed by atoms with Crippen molar-refractivity contribution in [3.8, 4) is 0 Å². The Bertz CT molecular complexity index is 553. The molecule has 1 aromatic rings. The largest absolute Gasteiger partial charge is 0.342 e. The van der Waals surface area contributed by atoms with Gasteiger partial charge in [-0.05, 0) is 37.8 Å². The molecule has 3 rings (SSSR count). The first kappa shape index (κ1) is 16.0. The minimum atomic E-state index is -0.0641. The molecule has 124 valence electrons. The summed E-state index contributed by atoms with van der Waals surface area (Å²) >= 11 is 0. The van der Waals surface area contributed by atoms with E-state index in [9.17, 15) is 9.59 Å². The molecule has 0 radical (unpaired) electrons. The number of benzene rings is 1. The lowest BCUT2D eigenvalue weighted by atomic mass is 9.94. The standard InChI is InChI=1S/C18H25N3O2/c19-16-8-11-20(12-9-16)18(23)15-7-4-10-21(13-15)17(22)14-5-2-1-3-6-14/h1-3,5-6,15-16H,4,7-13,19H2. The van der Waals surface area contributed by atoms with E-state index >= 15 is 0 Å². The van der Waals surface area contributed by atoms with Gasteiger partial charge in [-0.1, -0.05) is 18.2 Å². The highest BCUT2D eigenvalue weighted by Gasteiger charge is 2.32. The van der Waals surface area contributed by atoms with Crippen LogP contribution in [0.1, 0.15) is 36.0 Å². The Morgan fingerprint density at radius 1 is 0.957 bits per heavy atom. The lowest BCUT2D eigenvalue weighted by molar-refractivity contribution is -0.138. The fourth-order valence-electron chi connectivity index (χ4n) is 3.50. The lowest BCUT2D eigenvalue weighted by Gasteiger charge is -2.37. The number of likely N-dealkylation sites (tertiary alicyclic amines) is 2. The van der Waals surface area contributed by atoms with E-state index in [1.807, 2.05) is 40.1 Å². The van der Waals surface area contributed by atoms with Crippen LogP contribution in [0.5, 0.6) is 0 Å². The second-order valence-electron chi connectivity index (χ2n) is 6.62. The number of hydrogen-bond donors (Lipinski definition) is 1. The molecule has 1 atom stereocenters. The van der Waals surface area contributed by atoms with Gasteiger partial charge < -0.3 is 15.5 Å². The van der Waals surface area contributed by atoms with E-state index in [4.69, 9.17) is 5.73 Å². The predicted octanol–water partition coefficient (Wildman–Crippen LogP) is 1.49. The van der Waals surface area contributed by atoms with E-state index in [1.54, 1.807) is 0 Å². The van der Waals surface area contributed by atoms with Crippen LogP contribution in [0.15, 0.2) is 30.3 Å². The Labute approximate surface area is 137 Å². The number of nitrogens with two attached hydrogens (primary N) is 1. The van der Waals surface area contributed by atoms with E-state index in [-0.39, 0.29) is 23.8 Å². The van der Waals surface area contributed by atoms with E-state index in [2.05, 4.69) is 0 Å². The molecule has 2 saturated heterocycles. The van der Waals surface area contributed by atoms with Crippen LogP contribution in [0.25, 0.3) is 0 Å². The second kappa shape index (κ2) is 7.13. The van der Waals surface area contributed by atoms with Gasteiger partial charge in [-0.25, -0.2) is 0 Å². The molecule has 1 aromatic carbocycles. The van der Waals surface area contributed by atoms with Gasteiger partial charge in [0.05, 0.1) is 5.92 Å². The van der Waals surface area contributed by atoms with Crippen LogP contribution >= 0.6 is 0 Å². The molecule has 0 aliphatic carbocycles. The maximum Gasteiger partial charge on any atom is 0.253 e. The summed E-state index contributed by atoms with van der Waals surface area (Å²) in [4.78, 5) is 29.0. The van der Waals surface area contributed by atoms with Crippen molar-refractivity contribution < 1.29 is 9.59 Å². The second-order valence-corrected chi connectivity index (χ2v) is 6.62. The molecular formula is C18H25N3O2. The van der Waals surface area contributed by atoms with E-state index in [1.165, 1.54) is 0 Å². The quantitative estimate of drug-likeness (QED) is 0.899.